The molecule has 0 aromatic rings. The highest BCUT2D eigenvalue weighted by Crippen LogP contribution is 2.18. The lowest BCUT2D eigenvalue weighted by Crippen LogP contribution is -2.30. The van der Waals surface area contributed by atoms with Gasteiger partial charge in [0.05, 0.1) is 0 Å². The van der Waals surface area contributed by atoms with E-state index in [2.05, 4.69) is 69.4 Å². The van der Waals surface area contributed by atoms with E-state index in [-0.39, 0.29) is 31.1 Å². The van der Waals surface area contributed by atoms with Crippen molar-refractivity contribution in [2.75, 3.05) is 13.2 Å². The second-order valence-electron chi connectivity index (χ2n) is 22.0. The summed E-state index contributed by atoms with van der Waals surface area (Å²) in [4.78, 5) is 38.3. The van der Waals surface area contributed by atoms with Crippen molar-refractivity contribution in [2.45, 2.75) is 354 Å². The van der Waals surface area contributed by atoms with Crippen LogP contribution < -0.4 is 0 Å². The molecule has 0 heterocycles. The van der Waals surface area contributed by atoms with Crippen LogP contribution in [0.2, 0.25) is 0 Å². The fourth-order valence-electron chi connectivity index (χ4n) is 9.73. The van der Waals surface area contributed by atoms with E-state index in [0.29, 0.717) is 19.3 Å². The molecule has 0 aliphatic heterocycles. The molecular formula is C68H124O6. The van der Waals surface area contributed by atoms with Gasteiger partial charge in [-0.05, 0) is 57.8 Å². The first kappa shape index (κ1) is 71.4. The number of carbonyl (C=O) groups is 3. The lowest BCUT2D eigenvalue weighted by molar-refractivity contribution is -0.167. The van der Waals surface area contributed by atoms with Gasteiger partial charge in [-0.25, -0.2) is 0 Å². The van der Waals surface area contributed by atoms with Crippen molar-refractivity contribution in [1.82, 2.24) is 0 Å². The van der Waals surface area contributed by atoms with Crippen molar-refractivity contribution < 1.29 is 28.6 Å². The number of hydrogen-bond donors (Lipinski definition) is 0. The minimum atomic E-state index is -0.774. The fourth-order valence-corrected chi connectivity index (χ4v) is 9.73. The van der Waals surface area contributed by atoms with Crippen LogP contribution in [0.3, 0.4) is 0 Å². The van der Waals surface area contributed by atoms with Gasteiger partial charge in [-0.3, -0.25) is 14.4 Å². The first-order valence-corrected chi connectivity index (χ1v) is 32.6. The SMILES string of the molecule is CC/C=C\C/C=C\C/C=C\C/C=C\CCCCCCCCCCC(=O)OCC(COC(=O)CCCCCCCCCCCCCCCC)OC(=O)CCCCCCCCCCCCCCCCCCCCCCC. The van der Waals surface area contributed by atoms with Crippen LogP contribution in [-0.4, -0.2) is 37.2 Å². The Hall–Kier alpha value is -2.63. The summed E-state index contributed by atoms with van der Waals surface area (Å²) < 4.78 is 17.0. The molecule has 0 bridgehead atoms. The molecule has 0 radical (unpaired) electrons. The maximum absolute atomic E-state index is 12.9. The Balaban J connectivity index is 4.31. The lowest BCUT2D eigenvalue weighted by atomic mass is 10.0. The zero-order valence-corrected chi connectivity index (χ0v) is 49.6. The molecule has 0 saturated carbocycles. The minimum absolute atomic E-state index is 0.0702. The average Bonchev–Trinajstić information content (AvgIpc) is 3.40. The molecular weight excluding hydrogens is 913 g/mol. The van der Waals surface area contributed by atoms with E-state index >= 15 is 0 Å². The van der Waals surface area contributed by atoms with E-state index in [1.807, 2.05) is 0 Å². The summed E-state index contributed by atoms with van der Waals surface area (Å²) >= 11 is 0. The smallest absolute Gasteiger partial charge is 0.306 e. The van der Waals surface area contributed by atoms with Crippen molar-refractivity contribution >= 4 is 17.9 Å². The predicted octanol–water partition coefficient (Wildman–Crippen LogP) is 22.2. The molecule has 432 valence electrons. The molecule has 6 heteroatoms. The Morgan fingerprint density at radius 2 is 0.527 bits per heavy atom. The second kappa shape index (κ2) is 62.9. The highest BCUT2D eigenvalue weighted by atomic mass is 16.6. The molecule has 6 nitrogen and oxygen atoms in total. The van der Waals surface area contributed by atoms with Gasteiger partial charge in [0.1, 0.15) is 13.2 Å². The Labute approximate surface area is 460 Å². The molecule has 0 aliphatic carbocycles. The maximum atomic E-state index is 12.9. The molecule has 0 fully saturated rings. The summed E-state index contributed by atoms with van der Waals surface area (Å²) in [5.41, 5.74) is 0. The quantitative estimate of drug-likeness (QED) is 0.0261. The number of allylic oxidation sites excluding steroid dienone is 8. The molecule has 0 saturated heterocycles. The highest BCUT2D eigenvalue weighted by Gasteiger charge is 2.19. The Morgan fingerprint density at radius 3 is 0.824 bits per heavy atom. The zero-order valence-electron chi connectivity index (χ0n) is 49.6. The van der Waals surface area contributed by atoms with Gasteiger partial charge in [-0.2, -0.15) is 0 Å². The van der Waals surface area contributed by atoms with Gasteiger partial charge in [0.15, 0.2) is 6.10 Å². The first-order chi connectivity index (χ1) is 36.5. The third kappa shape index (κ3) is 60.2. The third-order valence-corrected chi connectivity index (χ3v) is 14.6. The Morgan fingerprint density at radius 1 is 0.284 bits per heavy atom. The number of rotatable bonds is 60. The molecule has 0 N–H and O–H groups in total. The van der Waals surface area contributed by atoms with Crippen molar-refractivity contribution in [3.8, 4) is 0 Å². The van der Waals surface area contributed by atoms with Crippen LogP contribution >= 0.6 is 0 Å². The molecule has 0 rings (SSSR count). The van der Waals surface area contributed by atoms with Gasteiger partial charge in [-0.1, -0.05) is 320 Å². The molecule has 0 aliphatic rings. The first-order valence-electron chi connectivity index (χ1n) is 32.6. The summed E-state index contributed by atoms with van der Waals surface area (Å²) in [6, 6.07) is 0. The zero-order chi connectivity index (χ0) is 53.6. The monoisotopic (exact) mass is 1040 g/mol. The van der Waals surface area contributed by atoms with Gasteiger partial charge < -0.3 is 14.2 Å². The highest BCUT2D eigenvalue weighted by molar-refractivity contribution is 5.71. The van der Waals surface area contributed by atoms with Crippen LogP contribution in [0.25, 0.3) is 0 Å². The van der Waals surface area contributed by atoms with Crippen LogP contribution in [0.4, 0.5) is 0 Å². The topological polar surface area (TPSA) is 78.9 Å². The van der Waals surface area contributed by atoms with Crippen molar-refractivity contribution in [3.63, 3.8) is 0 Å². The number of ether oxygens (including phenoxy) is 3. The number of hydrogen-bond acceptors (Lipinski definition) is 6. The predicted molar refractivity (Wildman–Crippen MR) is 321 cm³/mol. The van der Waals surface area contributed by atoms with Crippen molar-refractivity contribution in [1.29, 1.82) is 0 Å². The van der Waals surface area contributed by atoms with E-state index in [9.17, 15) is 14.4 Å². The van der Waals surface area contributed by atoms with E-state index in [1.54, 1.807) is 0 Å². The van der Waals surface area contributed by atoms with E-state index in [4.69, 9.17) is 14.2 Å². The summed E-state index contributed by atoms with van der Waals surface area (Å²) in [6.07, 6.45) is 78.3. The molecule has 0 aromatic heterocycles. The Kier molecular flexibility index (Phi) is 60.7. The molecule has 0 amide bonds. The lowest BCUT2D eigenvalue weighted by Gasteiger charge is -2.18. The van der Waals surface area contributed by atoms with Crippen LogP contribution in [0, 0.1) is 0 Å². The van der Waals surface area contributed by atoms with E-state index in [0.717, 1.165) is 89.9 Å². The van der Waals surface area contributed by atoms with E-state index < -0.39 is 6.10 Å². The van der Waals surface area contributed by atoms with Crippen molar-refractivity contribution in [2.24, 2.45) is 0 Å². The summed E-state index contributed by atoms with van der Waals surface area (Å²) in [5, 5.41) is 0. The molecule has 0 aromatic carbocycles. The number of carbonyl (C=O) groups excluding carboxylic acids is 3. The van der Waals surface area contributed by atoms with Gasteiger partial charge in [0.2, 0.25) is 0 Å². The van der Waals surface area contributed by atoms with Crippen molar-refractivity contribution in [3.05, 3.63) is 48.6 Å². The second-order valence-corrected chi connectivity index (χ2v) is 22.0. The van der Waals surface area contributed by atoms with Crippen LogP contribution in [0.15, 0.2) is 48.6 Å². The van der Waals surface area contributed by atoms with Crippen LogP contribution in [0.5, 0.6) is 0 Å². The van der Waals surface area contributed by atoms with Gasteiger partial charge >= 0.3 is 17.9 Å². The molecule has 0 spiro atoms. The maximum Gasteiger partial charge on any atom is 0.306 e. The fraction of sp³-hybridized carbons (Fsp3) is 0.838. The average molecular weight is 1040 g/mol. The third-order valence-electron chi connectivity index (χ3n) is 14.6. The van der Waals surface area contributed by atoms with Gasteiger partial charge in [-0.15, -0.1) is 0 Å². The summed E-state index contributed by atoms with van der Waals surface area (Å²) in [7, 11) is 0. The molecule has 1 atom stereocenters. The molecule has 1 unspecified atom stereocenters. The minimum Gasteiger partial charge on any atom is -0.462 e. The number of esters is 3. The standard InChI is InChI=1S/C68H124O6/c1-4-7-10-13-16-19-22-25-28-30-32-34-36-38-40-43-46-49-52-55-58-61-67(70)73-64-65(63-72-66(69)60-57-54-51-48-45-42-27-24-21-18-15-12-9-6-3)74-68(71)62-59-56-53-50-47-44-41-39-37-35-33-31-29-26-23-20-17-14-11-8-5-2/h7,10,16,19,25,28,32,34,65H,4-6,8-9,11-15,17-18,20-24,26-27,29-31,33,35-64H2,1-3H3/b10-7-,19-16-,28-25-,34-32-. The molecule has 74 heavy (non-hydrogen) atoms. The summed E-state index contributed by atoms with van der Waals surface area (Å²) in [5.74, 6) is -0.854. The number of unbranched alkanes of at least 4 members (excludes halogenated alkanes) is 41. The van der Waals surface area contributed by atoms with Gasteiger partial charge in [0.25, 0.3) is 0 Å². The van der Waals surface area contributed by atoms with Gasteiger partial charge in [0, 0.05) is 19.3 Å². The van der Waals surface area contributed by atoms with Crippen LogP contribution in [0.1, 0.15) is 348 Å². The Bertz CT molecular complexity index is 1280. The van der Waals surface area contributed by atoms with Crippen LogP contribution in [-0.2, 0) is 28.6 Å². The van der Waals surface area contributed by atoms with E-state index in [1.165, 1.54) is 218 Å². The largest absolute Gasteiger partial charge is 0.462 e. The normalized spacial score (nSPS) is 12.3. The summed E-state index contributed by atoms with van der Waals surface area (Å²) in [6.45, 7) is 6.58.